The molecule has 11 nitrogen and oxygen atoms in total. The minimum absolute atomic E-state index is 0.0348. The van der Waals surface area contributed by atoms with Crippen molar-refractivity contribution in [1.29, 1.82) is 4.78 Å². The molecule has 1 aliphatic carbocycles. The lowest BCUT2D eigenvalue weighted by atomic mass is 9.83. The minimum atomic E-state index is -2.80. The number of rotatable bonds is 6. The molecule has 2 aliphatic rings. The van der Waals surface area contributed by atoms with Crippen molar-refractivity contribution in [1.82, 2.24) is 19.9 Å². The lowest BCUT2D eigenvalue weighted by molar-refractivity contribution is 0.00787. The van der Waals surface area contributed by atoms with E-state index in [1.807, 2.05) is 0 Å². The molecule has 4 N–H and O–H groups in total. The summed E-state index contributed by atoms with van der Waals surface area (Å²) in [5.74, 6) is -0.0658. The molecule has 2 aromatic rings. The number of aromatic nitrogens is 2. The van der Waals surface area contributed by atoms with Gasteiger partial charge in [0.25, 0.3) is 0 Å². The van der Waals surface area contributed by atoms with Gasteiger partial charge in [-0.15, -0.1) is 0 Å². The van der Waals surface area contributed by atoms with E-state index in [9.17, 15) is 13.8 Å². The highest BCUT2D eigenvalue weighted by molar-refractivity contribution is 7.89. The van der Waals surface area contributed by atoms with Crippen molar-refractivity contribution in [2.75, 3.05) is 37.8 Å². The Bertz CT molecular complexity index is 1060. The van der Waals surface area contributed by atoms with Crippen LogP contribution in [-0.4, -0.2) is 68.5 Å². The molecule has 0 spiro atoms. The molecule has 0 bridgehead atoms. The van der Waals surface area contributed by atoms with Gasteiger partial charge in [-0.2, -0.15) is 0 Å². The van der Waals surface area contributed by atoms with Crippen LogP contribution in [-0.2, 0) is 21.1 Å². The molecular weight excluding hydrogens is 417 g/mol. The SMILES string of the molecule is CS(=N)(=O)N1CCO[C@@H](CNc2nonc2/C(=N\O)NC2Cc3ccc(F)cc32)C1. The Morgan fingerprint density at radius 3 is 3.10 bits per heavy atom. The molecule has 162 valence electrons. The number of hydrogen-bond donors (Lipinski definition) is 4. The second-order valence-electron chi connectivity index (χ2n) is 7.22. The van der Waals surface area contributed by atoms with Gasteiger partial charge in [0.2, 0.25) is 5.82 Å². The first-order chi connectivity index (χ1) is 14.3. The summed E-state index contributed by atoms with van der Waals surface area (Å²) < 4.78 is 45.2. The zero-order chi connectivity index (χ0) is 21.3. The number of fused-ring (bicyclic) bond motifs is 1. The second kappa shape index (κ2) is 8.16. The van der Waals surface area contributed by atoms with Gasteiger partial charge < -0.3 is 20.6 Å². The van der Waals surface area contributed by atoms with E-state index >= 15 is 0 Å². The molecule has 2 heterocycles. The Balaban J connectivity index is 1.40. The lowest BCUT2D eigenvalue weighted by Crippen LogP contribution is -2.47. The van der Waals surface area contributed by atoms with Crippen molar-refractivity contribution in [3.63, 3.8) is 0 Å². The Morgan fingerprint density at radius 1 is 1.50 bits per heavy atom. The second-order valence-corrected chi connectivity index (χ2v) is 9.34. The third kappa shape index (κ3) is 4.22. The normalized spacial score (nSPS) is 23.9. The molecule has 0 amide bonds. The van der Waals surface area contributed by atoms with E-state index in [4.69, 9.17) is 14.1 Å². The highest BCUT2D eigenvalue weighted by atomic mass is 32.2. The Labute approximate surface area is 172 Å². The van der Waals surface area contributed by atoms with E-state index in [-0.39, 0.29) is 35.3 Å². The van der Waals surface area contributed by atoms with Gasteiger partial charge >= 0.3 is 0 Å². The van der Waals surface area contributed by atoms with Gasteiger partial charge in [-0.1, -0.05) is 11.2 Å². The minimum Gasteiger partial charge on any atom is -0.409 e. The van der Waals surface area contributed by atoms with E-state index in [1.165, 1.54) is 18.4 Å². The Morgan fingerprint density at radius 2 is 2.33 bits per heavy atom. The number of nitrogens with zero attached hydrogens (tertiary/aromatic N) is 4. The molecule has 1 aromatic carbocycles. The van der Waals surface area contributed by atoms with Crippen molar-refractivity contribution in [2.24, 2.45) is 5.16 Å². The van der Waals surface area contributed by atoms with Crippen LogP contribution in [0.5, 0.6) is 0 Å². The topological polar surface area (TPSA) is 149 Å². The summed E-state index contributed by atoms with van der Waals surface area (Å²) in [4.78, 5) is 0. The predicted molar refractivity (Wildman–Crippen MR) is 105 cm³/mol. The zero-order valence-electron chi connectivity index (χ0n) is 16.2. The number of amidine groups is 1. The van der Waals surface area contributed by atoms with Crippen LogP contribution in [0.4, 0.5) is 10.2 Å². The lowest BCUT2D eigenvalue weighted by Gasteiger charge is -2.32. The molecule has 3 atom stereocenters. The largest absolute Gasteiger partial charge is 0.409 e. The smallest absolute Gasteiger partial charge is 0.202 e. The molecule has 1 aliphatic heterocycles. The highest BCUT2D eigenvalue weighted by Crippen LogP contribution is 2.33. The van der Waals surface area contributed by atoms with Gasteiger partial charge in [0.15, 0.2) is 11.5 Å². The summed E-state index contributed by atoms with van der Waals surface area (Å²) in [5, 5.41) is 26.3. The first kappa shape index (κ1) is 20.5. The molecule has 2 unspecified atom stereocenters. The van der Waals surface area contributed by atoms with Gasteiger partial charge in [0, 0.05) is 25.9 Å². The molecule has 13 heteroatoms. The number of hydrogen-bond acceptors (Lipinski definition) is 9. The molecule has 1 saturated heterocycles. The fourth-order valence-corrected chi connectivity index (χ4v) is 4.39. The summed E-state index contributed by atoms with van der Waals surface area (Å²) in [6, 6.07) is 4.35. The number of anilines is 1. The van der Waals surface area contributed by atoms with Crippen LogP contribution in [0.15, 0.2) is 28.0 Å². The average molecular weight is 439 g/mol. The van der Waals surface area contributed by atoms with Crippen molar-refractivity contribution in [2.45, 2.75) is 18.6 Å². The predicted octanol–water partition coefficient (Wildman–Crippen LogP) is 0.936. The standard InChI is InChI=1S/C17H22FN7O4S/c1-30(19,27)25-4-5-28-12(9-25)8-20-16-15(23-29-24-16)17(22-26)21-14-6-10-2-3-11(18)7-13(10)14/h2-3,7,12,14,19,26H,4-6,8-9H2,1H3,(H,20,24)(H,21,22)/t12-,14?,30?/m0/s1. The number of nitrogens with one attached hydrogen (secondary N) is 3. The van der Waals surface area contributed by atoms with Gasteiger partial charge in [-0.25, -0.2) is 22.3 Å². The van der Waals surface area contributed by atoms with Crippen molar-refractivity contribution >= 4 is 21.6 Å². The third-order valence-electron chi connectivity index (χ3n) is 5.12. The number of ether oxygens (including phenoxy) is 1. The van der Waals surface area contributed by atoms with Gasteiger partial charge in [-0.05, 0) is 40.0 Å². The molecular formula is C17H22FN7O4S. The Kier molecular flexibility index (Phi) is 5.58. The van der Waals surface area contributed by atoms with Gasteiger partial charge in [0.05, 0.1) is 18.8 Å². The third-order valence-corrected chi connectivity index (χ3v) is 6.44. The van der Waals surface area contributed by atoms with Crippen LogP contribution >= 0.6 is 0 Å². The van der Waals surface area contributed by atoms with Crippen LogP contribution in [0.2, 0.25) is 0 Å². The van der Waals surface area contributed by atoms with Gasteiger partial charge in [-0.3, -0.25) is 0 Å². The van der Waals surface area contributed by atoms with Crippen LogP contribution in [0.1, 0.15) is 22.9 Å². The molecule has 0 saturated carbocycles. The fourth-order valence-electron chi connectivity index (χ4n) is 3.52. The van der Waals surface area contributed by atoms with Crippen LogP contribution in [0.25, 0.3) is 0 Å². The van der Waals surface area contributed by atoms with E-state index in [2.05, 4.69) is 26.1 Å². The van der Waals surface area contributed by atoms with Crippen molar-refractivity contribution < 1.29 is 23.2 Å². The highest BCUT2D eigenvalue weighted by Gasteiger charge is 2.30. The van der Waals surface area contributed by atoms with Crippen molar-refractivity contribution in [3.8, 4) is 0 Å². The van der Waals surface area contributed by atoms with E-state index < -0.39 is 9.92 Å². The molecule has 30 heavy (non-hydrogen) atoms. The van der Waals surface area contributed by atoms with Crippen LogP contribution in [0, 0.1) is 10.6 Å². The van der Waals surface area contributed by atoms with E-state index in [1.54, 1.807) is 10.4 Å². The zero-order valence-corrected chi connectivity index (χ0v) is 17.0. The molecule has 0 radical (unpaired) electrons. The maximum Gasteiger partial charge on any atom is 0.202 e. The number of oxime groups is 1. The number of morpholine rings is 1. The number of halogens is 1. The number of benzene rings is 1. The first-order valence-electron chi connectivity index (χ1n) is 9.29. The first-order valence-corrected chi connectivity index (χ1v) is 11.2. The summed E-state index contributed by atoms with van der Waals surface area (Å²) in [6.45, 7) is 1.42. The van der Waals surface area contributed by atoms with Crippen molar-refractivity contribution in [3.05, 3.63) is 40.8 Å². The average Bonchev–Trinajstić information content (AvgIpc) is 3.17. The molecule has 4 rings (SSSR count). The van der Waals surface area contributed by atoms with E-state index in [0.717, 1.165) is 11.1 Å². The summed E-state index contributed by atoms with van der Waals surface area (Å²) in [6.07, 6.45) is 1.71. The molecule has 1 aromatic heterocycles. The maximum absolute atomic E-state index is 13.5. The molecule has 1 fully saturated rings. The van der Waals surface area contributed by atoms with Crippen LogP contribution in [0.3, 0.4) is 0 Å². The summed E-state index contributed by atoms with van der Waals surface area (Å²) in [5.41, 5.74) is 1.97. The van der Waals surface area contributed by atoms with Gasteiger partial charge in [0.1, 0.15) is 15.7 Å². The maximum atomic E-state index is 13.5. The van der Waals surface area contributed by atoms with E-state index in [0.29, 0.717) is 32.7 Å². The quantitative estimate of drug-likeness (QED) is 0.225. The summed E-state index contributed by atoms with van der Waals surface area (Å²) in [7, 11) is -2.80. The fraction of sp³-hybridized carbons (Fsp3) is 0.471. The summed E-state index contributed by atoms with van der Waals surface area (Å²) >= 11 is 0. The van der Waals surface area contributed by atoms with Crippen LogP contribution < -0.4 is 10.6 Å². The Hall–Kier alpha value is -2.77. The monoisotopic (exact) mass is 439 g/mol.